The molecule has 2 aromatic carbocycles. The molecule has 0 spiro atoms. The molecule has 3 aromatic rings. The van der Waals surface area contributed by atoms with Crippen molar-refractivity contribution in [2.24, 2.45) is 0 Å². The largest absolute Gasteiger partial charge is 0.481 e. The molecule has 47 heavy (non-hydrogen) atoms. The lowest BCUT2D eigenvalue weighted by Gasteiger charge is -2.30. The summed E-state index contributed by atoms with van der Waals surface area (Å²) in [4.78, 5) is 80.6. The third-order valence-electron chi connectivity index (χ3n) is 7.85. The van der Waals surface area contributed by atoms with Gasteiger partial charge >= 0.3 is 17.9 Å². The van der Waals surface area contributed by atoms with E-state index in [1.54, 1.807) is 18.2 Å². The lowest BCUT2D eigenvalue weighted by Crippen LogP contribution is -2.44. The average Bonchev–Trinajstić information content (AvgIpc) is 3.44. The first-order chi connectivity index (χ1) is 22.4. The highest BCUT2D eigenvalue weighted by Gasteiger charge is 2.30. The summed E-state index contributed by atoms with van der Waals surface area (Å²) in [5.41, 5.74) is 2.84. The van der Waals surface area contributed by atoms with Crippen LogP contribution in [0.1, 0.15) is 65.5 Å². The van der Waals surface area contributed by atoms with Gasteiger partial charge in [0.15, 0.2) is 0 Å². The fourth-order valence-corrected chi connectivity index (χ4v) is 5.52. The number of carbonyl (C=O) groups is 5. The third-order valence-corrected chi connectivity index (χ3v) is 7.85. The second-order valence-corrected chi connectivity index (χ2v) is 11.0. The maximum absolute atomic E-state index is 12.9. The molecule has 7 N–H and O–H groups in total. The summed E-state index contributed by atoms with van der Waals surface area (Å²) in [6.07, 6.45) is 5.48. The Bertz CT molecular complexity index is 1800. The second kappa shape index (κ2) is 15.0. The van der Waals surface area contributed by atoms with Crippen LogP contribution < -0.4 is 21.1 Å². The molecule has 1 aliphatic carbocycles. The van der Waals surface area contributed by atoms with Gasteiger partial charge in [-0.15, -0.1) is 6.42 Å². The van der Waals surface area contributed by atoms with Gasteiger partial charge in [-0.05, 0) is 73.2 Å². The number of nitrogens with one attached hydrogen (secondary N) is 3. The number of aliphatic carboxylic acids is 3. The first-order valence-electron chi connectivity index (χ1n) is 14.7. The number of aliphatic hydroxyl groups is 1. The number of aromatic amines is 1. The third kappa shape index (κ3) is 8.30. The van der Waals surface area contributed by atoms with Crippen molar-refractivity contribution in [3.63, 3.8) is 0 Å². The molecular weight excluding hydrogens is 614 g/mol. The summed E-state index contributed by atoms with van der Waals surface area (Å²) in [5.74, 6) is -2.77. The molecule has 3 unspecified atom stereocenters. The number of hydrogen-bond donors (Lipinski definition) is 7. The van der Waals surface area contributed by atoms with E-state index in [2.05, 4.69) is 26.5 Å². The van der Waals surface area contributed by atoms with Crippen molar-refractivity contribution >= 4 is 46.3 Å². The fourth-order valence-electron chi connectivity index (χ4n) is 5.52. The summed E-state index contributed by atoms with van der Waals surface area (Å²) in [6, 6.07) is 6.85. The van der Waals surface area contributed by atoms with Crippen LogP contribution >= 0.6 is 0 Å². The number of carbonyl (C=O) groups excluding carboxylic acids is 2. The van der Waals surface area contributed by atoms with Gasteiger partial charge in [0.2, 0.25) is 5.91 Å². The average molecular weight is 648 g/mol. The van der Waals surface area contributed by atoms with E-state index in [1.165, 1.54) is 12.1 Å². The number of amides is 2. The number of aryl methyl sites for hydroxylation is 1. The van der Waals surface area contributed by atoms with Gasteiger partial charge in [-0.1, -0.05) is 5.92 Å². The van der Waals surface area contributed by atoms with Crippen molar-refractivity contribution in [1.29, 1.82) is 0 Å². The van der Waals surface area contributed by atoms with Gasteiger partial charge in [0.25, 0.3) is 11.5 Å². The highest BCUT2D eigenvalue weighted by atomic mass is 16.4. The van der Waals surface area contributed by atoms with Gasteiger partial charge in [0, 0.05) is 24.1 Å². The predicted octanol–water partition coefficient (Wildman–Crippen LogP) is 0.940. The Balaban J connectivity index is 1.44. The van der Waals surface area contributed by atoms with Crippen LogP contribution in [0.3, 0.4) is 0 Å². The van der Waals surface area contributed by atoms with Crippen LogP contribution in [0.15, 0.2) is 41.2 Å². The van der Waals surface area contributed by atoms with Crippen LogP contribution in [-0.2, 0) is 32.2 Å². The van der Waals surface area contributed by atoms with Crippen molar-refractivity contribution in [2.75, 3.05) is 11.4 Å². The number of carboxylic acid groups (broad SMARTS) is 3. The summed E-state index contributed by atoms with van der Waals surface area (Å²) < 4.78 is 0. The Morgan fingerprint density at radius 1 is 1.00 bits per heavy atom. The minimum atomic E-state index is -1.47. The molecular formula is C32H33N5O10. The number of terminal acetylenes is 1. The Labute approximate surface area is 267 Å². The fraction of sp³-hybridized carbons (Fsp3) is 0.344. The molecule has 246 valence electrons. The van der Waals surface area contributed by atoms with Crippen LogP contribution in [0.2, 0.25) is 0 Å². The summed E-state index contributed by atoms with van der Waals surface area (Å²) in [5, 5.41) is 41.9. The van der Waals surface area contributed by atoms with Crippen molar-refractivity contribution in [3.05, 3.63) is 69.3 Å². The molecule has 1 heterocycles. The molecule has 0 saturated heterocycles. The molecule has 0 aliphatic heterocycles. The van der Waals surface area contributed by atoms with Crippen LogP contribution in [-0.4, -0.2) is 78.7 Å². The van der Waals surface area contributed by atoms with Gasteiger partial charge in [-0.25, -0.2) is 14.6 Å². The standard InChI is InChI=1S/C32H33N5O10/c1-2-13-37(25-10-5-18-14-24-21(15-20(18)25)30(43)36-26(16-38)33-24)19-6-3-17(4-7-19)29(42)35-23(32(46)47)8-11-27(39)34-22(31(44)45)9-12-28(40)41/h1,3-4,6-7,14-15,22-23,25,38H,5,8-13,16H2,(H,34,39)(H,35,42)(H,40,41)(H,44,45)(H,46,47)(H,33,36,43). The molecule has 2 amide bonds. The number of benzene rings is 2. The van der Waals surface area contributed by atoms with Gasteiger partial charge in [-0.3, -0.25) is 19.2 Å². The molecule has 0 radical (unpaired) electrons. The topological polar surface area (TPSA) is 239 Å². The van der Waals surface area contributed by atoms with Gasteiger partial charge in [0.1, 0.15) is 24.5 Å². The second-order valence-electron chi connectivity index (χ2n) is 11.0. The molecule has 0 fully saturated rings. The van der Waals surface area contributed by atoms with Crippen LogP contribution in [0.4, 0.5) is 5.69 Å². The number of fused-ring (bicyclic) bond motifs is 2. The molecule has 4 rings (SSSR count). The van der Waals surface area contributed by atoms with Gasteiger partial charge in [0.05, 0.1) is 23.5 Å². The van der Waals surface area contributed by atoms with Crippen molar-refractivity contribution in [3.8, 4) is 12.3 Å². The van der Waals surface area contributed by atoms with Crippen molar-refractivity contribution in [2.45, 2.75) is 63.3 Å². The van der Waals surface area contributed by atoms with Crippen LogP contribution in [0.25, 0.3) is 10.9 Å². The highest BCUT2D eigenvalue weighted by Crippen LogP contribution is 2.39. The minimum Gasteiger partial charge on any atom is -0.481 e. The Morgan fingerprint density at radius 2 is 1.66 bits per heavy atom. The SMILES string of the molecule is C#CCN(c1ccc(C(=O)NC(CCC(=O)NC(CCC(=O)O)C(=O)O)C(=O)O)cc1)C1CCc2cc3nc(CO)[nH]c(=O)c3cc21. The smallest absolute Gasteiger partial charge is 0.326 e. The zero-order valence-corrected chi connectivity index (χ0v) is 25.1. The number of anilines is 1. The number of rotatable bonds is 15. The molecule has 1 aromatic heterocycles. The van der Waals surface area contributed by atoms with Crippen LogP contribution in [0.5, 0.6) is 0 Å². The summed E-state index contributed by atoms with van der Waals surface area (Å²) in [7, 11) is 0. The van der Waals surface area contributed by atoms with E-state index in [4.69, 9.17) is 11.5 Å². The normalized spacial score (nSPS) is 14.8. The van der Waals surface area contributed by atoms with E-state index in [9.17, 15) is 44.1 Å². The molecule has 0 saturated carbocycles. The number of aromatic nitrogens is 2. The first-order valence-corrected chi connectivity index (χ1v) is 14.7. The van der Waals surface area contributed by atoms with E-state index in [0.717, 1.165) is 11.1 Å². The first kappa shape index (κ1) is 34.1. The quantitative estimate of drug-likeness (QED) is 0.114. The van der Waals surface area contributed by atoms with E-state index in [0.29, 0.717) is 29.4 Å². The maximum atomic E-state index is 12.9. The molecule has 0 bridgehead atoms. The lowest BCUT2D eigenvalue weighted by atomic mass is 10.0. The number of hydrogen-bond acceptors (Lipinski definition) is 9. The number of nitrogens with zero attached hydrogens (tertiary/aromatic N) is 2. The molecule has 15 heteroatoms. The summed E-state index contributed by atoms with van der Waals surface area (Å²) in [6.45, 7) is -0.177. The number of carboxylic acids is 3. The predicted molar refractivity (Wildman–Crippen MR) is 167 cm³/mol. The van der Waals surface area contributed by atoms with E-state index in [1.807, 2.05) is 11.0 Å². The Morgan fingerprint density at radius 3 is 2.28 bits per heavy atom. The van der Waals surface area contributed by atoms with Crippen molar-refractivity contribution < 1.29 is 44.4 Å². The van der Waals surface area contributed by atoms with E-state index < -0.39 is 61.3 Å². The highest BCUT2D eigenvalue weighted by molar-refractivity contribution is 5.97. The number of H-pyrrole nitrogens is 1. The molecule has 15 nitrogen and oxygen atoms in total. The zero-order valence-electron chi connectivity index (χ0n) is 25.1. The molecule has 3 atom stereocenters. The zero-order chi connectivity index (χ0) is 34.2. The monoisotopic (exact) mass is 647 g/mol. The number of aliphatic hydroxyl groups excluding tert-OH is 1. The van der Waals surface area contributed by atoms with Gasteiger partial charge in [-0.2, -0.15) is 0 Å². The van der Waals surface area contributed by atoms with Crippen molar-refractivity contribution in [1.82, 2.24) is 20.6 Å². The Hall–Kier alpha value is -5.75. The minimum absolute atomic E-state index is 0.139. The van der Waals surface area contributed by atoms with Gasteiger partial charge < -0.3 is 40.9 Å². The Kier molecular flexibility index (Phi) is 10.9. The lowest BCUT2D eigenvalue weighted by molar-refractivity contribution is -0.143. The van der Waals surface area contributed by atoms with E-state index >= 15 is 0 Å². The summed E-state index contributed by atoms with van der Waals surface area (Å²) >= 11 is 0. The van der Waals surface area contributed by atoms with E-state index in [-0.39, 0.29) is 42.4 Å². The maximum Gasteiger partial charge on any atom is 0.326 e. The molecule has 1 aliphatic rings. The van der Waals surface area contributed by atoms with Crippen LogP contribution in [0, 0.1) is 12.3 Å².